The number of halogens is 4. The predicted octanol–water partition coefficient (Wildman–Crippen LogP) is 3.78. The first-order valence-electron chi connectivity index (χ1n) is 9.74. The van der Waals surface area contributed by atoms with Crippen LogP contribution in [0, 0.1) is 5.82 Å². The molecule has 1 aliphatic heterocycles. The summed E-state index contributed by atoms with van der Waals surface area (Å²) in [5.74, 6) is -1.77. The Bertz CT molecular complexity index is 1110. The second-order valence-electron chi connectivity index (χ2n) is 7.11. The molecule has 0 saturated carbocycles. The van der Waals surface area contributed by atoms with Gasteiger partial charge in [0.25, 0.3) is 11.8 Å². The lowest BCUT2D eigenvalue weighted by molar-refractivity contribution is -0.138. The molecule has 1 fully saturated rings. The Morgan fingerprint density at radius 1 is 1.09 bits per heavy atom. The SMILES string of the molecule is O=C(c1ncccc1-c1ncccn1)N1CCCC(Oc2ncc(C(F)(F)F)cc2F)C1. The van der Waals surface area contributed by atoms with Gasteiger partial charge in [-0.3, -0.25) is 9.78 Å². The summed E-state index contributed by atoms with van der Waals surface area (Å²) in [6.07, 6.45) is 0.824. The van der Waals surface area contributed by atoms with E-state index in [2.05, 4.69) is 19.9 Å². The second-order valence-corrected chi connectivity index (χ2v) is 7.11. The van der Waals surface area contributed by atoms with Crippen molar-refractivity contribution in [2.45, 2.75) is 25.1 Å². The minimum absolute atomic E-state index is 0.104. The molecular weight excluding hydrogens is 430 g/mol. The first kappa shape index (κ1) is 21.6. The van der Waals surface area contributed by atoms with Crippen LogP contribution >= 0.6 is 0 Å². The number of pyridine rings is 2. The van der Waals surface area contributed by atoms with E-state index in [1.807, 2.05) is 0 Å². The summed E-state index contributed by atoms with van der Waals surface area (Å²) >= 11 is 0. The summed E-state index contributed by atoms with van der Waals surface area (Å²) in [6.45, 7) is 0.528. The van der Waals surface area contributed by atoms with Gasteiger partial charge in [0.05, 0.1) is 17.7 Å². The van der Waals surface area contributed by atoms with Crippen molar-refractivity contribution in [1.29, 1.82) is 0 Å². The number of hydrogen-bond donors (Lipinski definition) is 0. The lowest BCUT2D eigenvalue weighted by atomic mass is 10.1. The van der Waals surface area contributed by atoms with Gasteiger partial charge in [-0.05, 0) is 37.1 Å². The number of piperidine rings is 1. The van der Waals surface area contributed by atoms with Crippen LogP contribution in [-0.2, 0) is 6.18 Å². The van der Waals surface area contributed by atoms with Gasteiger partial charge in [-0.25, -0.2) is 19.3 Å². The molecule has 4 heterocycles. The van der Waals surface area contributed by atoms with Gasteiger partial charge < -0.3 is 9.64 Å². The molecule has 7 nitrogen and oxygen atoms in total. The summed E-state index contributed by atoms with van der Waals surface area (Å²) in [5, 5.41) is 0. The lowest BCUT2D eigenvalue weighted by Gasteiger charge is -2.32. The monoisotopic (exact) mass is 447 g/mol. The van der Waals surface area contributed by atoms with Crippen LogP contribution in [0.15, 0.2) is 49.1 Å². The van der Waals surface area contributed by atoms with Gasteiger partial charge in [-0.15, -0.1) is 0 Å². The molecule has 1 atom stereocenters. The van der Waals surface area contributed by atoms with Crippen molar-refractivity contribution in [3.8, 4) is 17.3 Å². The van der Waals surface area contributed by atoms with Gasteiger partial charge in [0.15, 0.2) is 11.6 Å². The molecule has 3 aromatic rings. The van der Waals surface area contributed by atoms with Crippen molar-refractivity contribution in [3.63, 3.8) is 0 Å². The highest BCUT2D eigenvalue weighted by molar-refractivity contribution is 5.98. The first-order chi connectivity index (χ1) is 15.3. The number of likely N-dealkylation sites (tertiary alicyclic amines) is 1. The fourth-order valence-corrected chi connectivity index (χ4v) is 3.39. The van der Waals surface area contributed by atoms with Crippen LogP contribution in [-0.4, -0.2) is 49.9 Å². The number of amides is 1. The van der Waals surface area contributed by atoms with E-state index in [9.17, 15) is 22.4 Å². The third-order valence-corrected chi connectivity index (χ3v) is 4.90. The molecule has 0 N–H and O–H groups in total. The average molecular weight is 447 g/mol. The highest BCUT2D eigenvalue weighted by Gasteiger charge is 2.33. The molecule has 4 rings (SSSR count). The van der Waals surface area contributed by atoms with Crippen LogP contribution in [0.1, 0.15) is 28.9 Å². The second kappa shape index (κ2) is 8.85. The molecule has 0 spiro atoms. The van der Waals surface area contributed by atoms with E-state index in [-0.39, 0.29) is 18.1 Å². The number of nitrogens with zero attached hydrogens (tertiary/aromatic N) is 5. The van der Waals surface area contributed by atoms with Crippen molar-refractivity contribution >= 4 is 5.91 Å². The maximum Gasteiger partial charge on any atom is 0.417 e. The van der Waals surface area contributed by atoms with Gasteiger partial charge in [0.2, 0.25) is 0 Å². The molecular formula is C21H17F4N5O2. The van der Waals surface area contributed by atoms with Gasteiger partial charge in [-0.2, -0.15) is 13.2 Å². The number of alkyl halides is 3. The molecule has 0 aromatic carbocycles. The molecule has 1 aliphatic rings. The summed E-state index contributed by atoms with van der Waals surface area (Å²) in [4.78, 5) is 30.7. The largest absolute Gasteiger partial charge is 0.470 e. The maximum absolute atomic E-state index is 14.1. The third-order valence-electron chi connectivity index (χ3n) is 4.90. The molecule has 11 heteroatoms. The molecule has 1 unspecified atom stereocenters. The van der Waals surface area contributed by atoms with Crippen LogP contribution in [0.5, 0.6) is 5.88 Å². The Morgan fingerprint density at radius 3 is 2.56 bits per heavy atom. The number of aromatic nitrogens is 4. The number of hydrogen-bond acceptors (Lipinski definition) is 6. The molecule has 0 aliphatic carbocycles. The standard InChI is InChI=1S/C21H17F4N5O2/c22-16-10-13(21(23,24)25)11-29-19(16)32-14-4-2-9-30(12-14)20(31)17-15(5-1-6-26-17)18-27-7-3-8-28-18/h1,3,5-8,10-11,14H,2,4,9,12H2. The normalized spacial score (nSPS) is 16.6. The number of ether oxygens (including phenoxy) is 1. The zero-order chi connectivity index (χ0) is 22.7. The van der Waals surface area contributed by atoms with E-state index in [1.165, 1.54) is 11.1 Å². The Labute approximate surface area is 180 Å². The Kier molecular flexibility index (Phi) is 5.97. The Balaban J connectivity index is 1.50. The van der Waals surface area contributed by atoms with E-state index >= 15 is 0 Å². The highest BCUT2D eigenvalue weighted by Crippen LogP contribution is 2.31. The van der Waals surface area contributed by atoms with Crippen molar-refractivity contribution < 1.29 is 27.1 Å². The zero-order valence-electron chi connectivity index (χ0n) is 16.6. The van der Waals surface area contributed by atoms with E-state index in [4.69, 9.17) is 4.74 Å². The van der Waals surface area contributed by atoms with Gasteiger partial charge >= 0.3 is 6.18 Å². The third kappa shape index (κ3) is 4.66. The average Bonchev–Trinajstić information content (AvgIpc) is 2.80. The Morgan fingerprint density at radius 2 is 1.84 bits per heavy atom. The quantitative estimate of drug-likeness (QED) is 0.567. The van der Waals surface area contributed by atoms with Crippen molar-refractivity contribution in [1.82, 2.24) is 24.8 Å². The molecule has 32 heavy (non-hydrogen) atoms. The molecule has 0 radical (unpaired) electrons. The van der Waals surface area contributed by atoms with Crippen LogP contribution in [0.3, 0.4) is 0 Å². The van der Waals surface area contributed by atoms with E-state index in [0.29, 0.717) is 43.0 Å². The minimum atomic E-state index is -4.71. The van der Waals surface area contributed by atoms with Crippen molar-refractivity contribution in [3.05, 3.63) is 66.1 Å². The molecule has 3 aromatic heterocycles. The van der Waals surface area contributed by atoms with E-state index < -0.39 is 29.5 Å². The van der Waals surface area contributed by atoms with Gasteiger partial charge in [0, 0.05) is 31.3 Å². The predicted molar refractivity (Wildman–Crippen MR) is 104 cm³/mol. The fraction of sp³-hybridized carbons (Fsp3) is 0.286. The van der Waals surface area contributed by atoms with E-state index in [1.54, 1.807) is 30.6 Å². The number of carbonyl (C=O) groups excluding carboxylic acids is 1. The number of rotatable bonds is 4. The van der Waals surface area contributed by atoms with Crippen molar-refractivity contribution in [2.75, 3.05) is 13.1 Å². The Hall–Kier alpha value is -3.63. The fourth-order valence-electron chi connectivity index (χ4n) is 3.39. The number of carbonyl (C=O) groups is 1. The van der Waals surface area contributed by atoms with E-state index in [0.717, 1.165) is 0 Å². The smallest absolute Gasteiger partial charge is 0.417 e. The van der Waals surface area contributed by atoms with Crippen LogP contribution in [0.4, 0.5) is 17.6 Å². The van der Waals surface area contributed by atoms with Crippen LogP contribution in [0.2, 0.25) is 0 Å². The topological polar surface area (TPSA) is 81.1 Å². The summed E-state index contributed by atoms with van der Waals surface area (Å²) in [5.41, 5.74) is -0.566. The van der Waals surface area contributed by atoms with Crippen molar-refractivity contribution in [2.24, 2.45) is 0 Å². The highest BCUT2D eigenvalue weighted by atomic mass is 19.4. The van der Waals surface area contributed by atoms with Gasteiger partial charge in [-0.1, -0.05) is 0 Å². The lowest BCUT2D eigenvalue weighted by Crippen LogP contribution is -2.45. The molecule has 166 valence electrons. The van der Waals surface area contributed by atoms with Crippen LogP contribution < -0.4 is 4.74 Å². The molecule has 1 amide bonds. The van der Waals surface area contributed by atoms with Gasteiger partial charge in [0.1, 0.15) is 11.8 Å². The summed E-state index contributed by atoms with van der Waals surface area (Å²) < 4.78 is 57.7. The van der Waals surface area contributed by atoms with Crippen LogP contribution in [0.25, 0.3) is 11.4 Å². The maximum atomic E-state index is 14.1. The summed E-state index contributed by atoms with van der Waals surface area (Å²) in [6, 6.07) is 5.36. The summed E-state index contributed by atoms with van der Waals surface area (Å²) in [7, 11) is 0. The molecule has 1 saturated heterocycles. The zero-order valence-corrected chi connectivity index (χ0v) is 16.6. The molecule has 0 bridgehead atoms. The minimum Gasteiger partial charge on any atom is -0.470 e. The first-order valence-corrected chi connectivity index (χ1v) is 9.74.